The Morgan fingerprint density at radius 2 is 2.11 bits per heavy atom. The van der Waals surface area contributed by atoms with E-state index in [0.29, 0.717) is 6.04 Å². The number of likely N-dealkylation sites (N-methyl/N-ethyl adjacent to an activating group) is 1. The number of hydrogen-bond donors (Lipinski definition) is 1. The molecule has 0 amide bonds. The minimum atomic E-state index is 0.0694. The second-order valence-corrected chi connectivity index (χ2v) is 6.21. The Hall–Kier alpha value is -0.580. The molecule has 1 fully saturated rings. The summed E-state index contributed by atoms with van der Waals surface area (Å²) in [6.07, 6.45) is 0. The zero-order chi connectivity index (χ0) is 13.3. The van der Waals surface area contributed by atoms with E-state index in [9.17, 15) is 0 Å². The van der Waals surface area contributed by atoms with E-state index in [1.165, 1.54) is 11.3 Å². The lowest BCUT2D eigenvalue weighted by Gasteiger charge is -2.41. The molecule has 100 valence electrons. The predicted molar refractivity (Wildman–Crippen MR) is 81.0 cm³/mol. The zero-order valence-electron chi connectivity index (χ0n) is 11.4. The van der Waals surface area contributed by atoms with Crippen molar-refractivity contribution in [2.45, 2.75) is 25.9 Å². The van der Waals surface area contributed by atoms with Crippen molar-refractivity contribution < 1.29 is 0 Å². The van der Waals surface area contributed by atoms with Gasteiger partial charge in [0.15, 0.2) is 0 Å². The minimum Gasteiger partial charge on any atom is -0.366 e. The van der Waals surface area contributed by atoms with Gasteiger partial charge in [-0.05, 0) is 38.6 Å². The molecule has 2 atom stereocenters. The Morgan fingerprint density at radius 3 is 2.72 bits per heavy atom. The Labute approximate surface area is 118 Å². The largest absolute Gasteiger partial charge is 0.366 e. The number of piperazine rings is 1. The highest BCUT2D eigenvalue weighted by molar-refractivity contribution is 9.10. The molecule has 1 saturated heterocycles. The van der Waals surface area contributed by atoms with Gasteiger partial charge in [0.05, 0.1) is 0 Å². The summed E-state index contributed by atoms with van der Waals surface area (Å²) in [4.78, 5) is 4.86. The van der Waals surface area contributed by atoms with Gasteiger partial charge in [-0.15, -0.1) is 0 Å². The summed E-state index contributed by atoms with van der Waals surface area (Å²) < 4.78 is 1.12. The fourth-order valence-corrected chi connectivity index (χ4v) is 3.00. The molecule has 0 spiro atoms. The summed E-state index contributed by atoms with van der Waals surface area (Å²) in [5.41, 5.74) is 8.60. The second kappa shape index (κ2) is 5.59. The molecule has 0 bridgehead atoms. The number of rotatable bonds is 2. The first kappa shape index (κ1) is 13.8. The van der Waals surface area contributed by atoms with Gasteiger partial charge in [-0.2, -0.15) is 0 Å². The normalized spacial score (nSPS) is 23.2. The molecule has 3 nitrogen and oxygen atoms in total. The standard InChI is InChI=1S/C14H22BrN3/c1-10-9-17(3)6-7-18(10)14-8-12(15)4-5-13(14)11(2)16/h4-5,8,10-11H,6-7,9,16H2,1-3H3. The Bertz CT molecular complexity index is 420. The highest BCUT2D eigenvalue weighted by Gasteiger charge is 2.24. The van der Waals surface area contributed by atoms with Gasteiger partial charge >= 0.3 is 0 Å². The van der Waals surface area contributed by atoms with Crippen molar-refractivity contribution in [3.05, 3.63) is 28.2 Å². The lowest BCUT2D eigenvalue weighted by atomic mass is 10.0. The number of anilines is 1. The lowest BCUT2D eigenvalue weighted by Crippen LogP contribution is -2.51. The maximum Gasteiger partial charge on any atom is 0.0429 e. The topological polar surface area (TPSA) is 32.5 Å². The molecule has 2 rings (SSSR count). The SMILES string of the molecule is CC(N)c1ccc(Br)cc1N1CCN(C)CC1C. The quantitative estimate of drug-likeness (QED) is 0.911. The maximum atomic E-state index is 6.09. The molecule has 1 aromatic carbocycles. The summed E-state index contributed by atoms with van der Waals surface area (Å²) in [5, 5.41) is 0. The first-order valence-corrected chi connectivity index (χ1v) is 7.28. The smallest absolute Gasteiger partial charge is 0.0429 e. The third-order valence-electron chi connectivity index (χ3n) is 3.62. The first-order chi connectivity index (χ1) is 8.49. The molecule has 0 saturated carbocycles. The third kappa shape index (κ3) is 2.87. The van der Waals surface area contributed by atoms with E-state index in [1.807, 2.05) is 6.92 Å². The van der Waals surface area contributed by atoms with E-state index >= 15 is 0 Å². The van der Waals surface area contributed by atoms with Gasteiger partial charge in [0.25, 0.3) is 0 Å². The Balaban J connectivity index is 2.34. The van der Waals surface area contributed by atoms with Crippen LogP contribution in [0.2, 0.25) is 0 Å². The zero-order valence-corrected chi connectivity index (χ0v) is 12.9. The van der Waals surface area contributed by atoms with E-state index in [2.05, 4.69) is 57.9 Å². The van der Waals surface area contributed by atoms with Gasteiger partial charge in [-0.1, -0.05) is 22.0 Å². The van der Waals surface area contributed by atoms with E-state index < -0.39 is 0 Å². The van der Waals surface area contributed by atoms with Gasteiger partial charge in [0.1, 0.15) is 0 Å². The lowest BCUT2D eigenvalue weighted by molar-refractivity contribution is 0.275. The van der Waals surface area contributed by atoms with Crippen LogP contribution in [0.1, 0.15) is 25.5 Å². The van der Waals surface area contributed by atoms with Crippen LogP contribution in [0.15, 0.2) is 22.7 Å². The molecule has 1 aromatic rings. The number of hydrogen-bond acceptors (Lipinski definition) is 3. The van der Waals surface area contributed by atoms with Crippen molar-refractivity contribution in [2.24, 2.45) is 5.73 Å². The average Bonchev–Trinajstić information content (AvgIpc) is 2.28. The van der Waals surface area contributed by atoms with Crippen LogP contribution in [0.4, 0.5) is 5.69 Å². The molecule has 0 aliphatic carbocycles. The van der Waals surface area contributed by atoms with Crippen LogP contribution in [0, 0.1) is 0 Å². The highest BCUT2D eigenvalue weighted by atomic mass is 79.9. The molecule has 4 heteroatoms. The fraction of sp³-hybridized carbons (Fsp3) is 0.571. The average molecular weight is 312 g/mol. The fourth-order valence-electron chi connectivity index (χ4n) is 2.65. The molecular formula is C14H22BrN3. The van der Waals surface area contributed by atoms with E-state index in [4.69, 9.17) is 5.73 Å². The summed E-state index contributed by atoms with van der Waals surface area (Å²) in [7, 11) is 2.18. The molecule has 2 N–H and O–H groups in total. The minimum absolute atomic E-state index is 0.0694. The van der Waals surface area contributed by atoms with Crippen LogP contribution < -0.4 is 10.6 Å². The monoisotopic (exact) mass is 311 g/mol. The van der Waals surface area contributed by atoms with Gasteiger partial charge in [-0.3, -0.25) is 0 Å². The van der Waals surface area contributed by atoms with Crippen LogP contribution >= 0.6 is 15.9 Å². The van der Waals surface area contributed by atoms with Crippen molar-refractivity contribution in [1.82, 2.24) is 4.90 Å². The third-order valence-corrected chi connectivity index (χ3v) is 4.12. The van der Waals surface area contributed by atoms with E-state index in [1.54, 1.807) is 0 Å². The van der Waals surface area contributed by atoms with Crippen molar-refractivity contribution in [3.63, 3.8) is 0 Å². The molecule has 2 unspecified atom stereocenters. The van der Waals surface area contributed by atoms with Crippen molar-refractivity contribution >= 4 is 21.6 Å². The molecule has 18 heavy (non-hydrogen) atoms. The molecule has 0 radical (unpaired) electrons. The Kier molecular flexibility index (Phi) is 4.30. The summed E-state index contributed by atoms with van der Waals surface area (Å²) >= 11 is 3.57. The maximum absolute atomic E-state index is 6.09. The number of nitrogens with two attached hydrogens (primary N) is 1. The number of nitrogens with zero attached hydrogens (tertiary/aromatic N) is 2. The number of benzene rings is 1. The van der Waals surface area contributed by atoms with Gasteiger partial charge in [0.2, 0.25) is 0 Å². The molecule has 0 aromatic heterocycles. The predicted octanol–water partition coefficient (Wildman–Crippen LogP) is 2.61. The molecule has 1 aliphatic rings. The first-order valence-electron chi connectivity index (χ1n) is 6.49. The molecule has 1 aliphatic heterocycles. The second-order valence-electron chi connectivity index (χ2n) is 5.30. The summed E-state index contributed by atoms with van der Waals surface area (Å²) in [5.74, 6) is 0. The van der Waals surface area contributed by atoms with E-state index in [0.717, 1.165) is 24.1 Å². The molecular weight excluding hydrogens is 290 g/mol. The van der Waals surface area contributed by atoms with Gasteiger partial charge in [-0.25, -0.2) is 0 Å². The number of halogens is 1. The van der Waals surface area contributed by atoms with Crippen LogP contribution in [0.5, 0.6) is 0 Å². The van der Waals surface area contributed by atoms with Crippen LogP contribution in [-0.2, 0) is 0 Å². The van der Waals surface area contributed by atoms with Crippen LogP contribution in [0.25, 0.3) is 0 Å². The van der Waals surface area contributed by atoms with Gasteiger partial charge in [0, 0.05) is 41.9 Å². The van der Waals surface area contributed by atoms with Crippen LogP contribution in [0.3, 0.4) is 0 Å². The highest BCUT2D eigenvalue weighted by Crippen LogP contribution is 2.31. The van der Waals surface area contributed by atoms with Crippen molar-refractivity contribution in [2.75, 3.05) is 31.6 Å². The van der Waals surface area contributed by atoms with Gasteiger partial charge < -0.3 is 15.5 Å². The van der Waals surface area contributed by atoms with Crippen LogP contribution in [-0.4, -0.2) is 37.6 Å². The Morgan fingerprint density at radius 1 is 1.39 bits per heavy atom. The van der Waals surface area contributed by atoms with Crippen molar-refractivity contribution in [1.29, 1.82) is 0 Å². The molecule has 1 heterocycles. The van der Waals surface area contributed by atoms with Crippen molar-refractivity contribution in [3.8, 4) is 0 Å². The van der Waals surface area contributed by atoms with E-state index in [-0.39, 0.29) is 6.04 Å². The summed E-state index contributed by atoms with van der Waals surface area (Å²) in [6, 6.07) is 6.99. The summed E-state index contributed by atoms with van der Waals surface area (Å²) in [6.45, 7) is 7.60.